The molecule has 2 aromatic rings. The van der Waals surface area contributed by atoms with Gasteiger partial charge in [-0.3, -0.25) is 4.90 Å². The van der Waals surface area contributed by atoms with Crippen LogP contribution in [0.3, 0.4) is 0 Å². The number of hydrogen-bond donors (Lipinski definition) is 2. The smallest absolute Gasteiger partial charge is 0.191 e. The Hall–Kier alpha value is -1.35. The Kier molecular flexibility index (Phi) is 8.15. The van der Waals surface area contributed by atoms with Gasteiger partial charge in [0.1, 0.15) is 5.65 Å². The minimum Gasteiger partial charge on any atom is -0.357 e. The highest BCUT2D eigenvalue weighted by Crippen LogP contribution is 2.15. The standard InChI is InChI=1S/C19H30N6.HI/c1-4-20-19(22-13-17-9-7-11-24(17)5-2)21-12-16-14-25-15(3)8-6-10-18(25)23-16;/h6,8,10,14,17H,4-5,7,9,11-13H2,1-3H3,(H2,20,21,22);1H. The Balaban J connectivity index is 0.00000243. The van der Waals surface area contributed by atoms with Crippen LogP contribution in [0.1, 0.15) is 38.1 Å². The van der Waals surface area contributed by atoms with Crippen molar-refractivity contribution in [2.75, 3.05) is 26.2 Å². The molecule has 6 nitrogen and oxygen atoms in total. The first-order valence-corrected chi connectivity index (χ1v) is 9.41. The Labute approximate surface area is 173 Å². The van der Waals surface area contributed by atoms with Crippen LogP contribution in [0.4, 0.5) is 0 Å². The van der Waals surface area contributed by atoms with Gasteiger partial charge in [-0.25, -0.2) is 9.98 Å². The van der Waals surface area contributed by atoms with Crippen molar-refractivity contribution in [2.45, 2.75) is 46.2 Å². The summed E-state index contributed by atoms with van der Waals surface area (Å²) in [5, 5.41) is 6.85. The number of guanidine groups is 1. The van der Waals surface area contributed by atoms with Crippen molar-refractivity contribution in [1.82, 2.24) is 24.9 Å². The topological polar surface area (TPSA) is 57.0 Å². The van der Waals surface area contributed by atoms with Gasteiger partial charge in [-0.1, -0.05) is 13.0 Å². The summed E-state index contributed by atoms with van der Waals surface area (Å²) in [6.45, 7) is 11.2. The molecule has 144 valence electrons. The number of imidazole rings is 1. The number of aliphatic imine (C=N–C) groups is 1. The third kappa shape index (κ3) is 5.09. The molecule has 2 N–H and O–H groups in total. The molecule has 1 atom stereocenters. The summed E-state index contributed by atoms with van der Waals surface area (Å²) in [5.74, 6) is 0.874. The minimum atomic E-state index is 0. The molecule has 2 aromatic heterocycles. The maximum atomic E-state index is 4.72. The number of likely N-dealkylation sites (N-methyl/N-ethyl adjacent to an activating group) is 1. The van der Waals surface area contributed by atoms with Gasteiger partial charge in [0, 0.05) is 31.0 Å². The lowest BCUT2D eigenvalue weighted by molar-refractivity contribution is 0.267. The lowest BCUT2D eigenvalue weighted by Gasteiger charge is -2.23. The number of fused-ring (bicyclic) bond motifs is 1. The summed E-state index contributed by atoms with van der Waals surface area (Å²) in [6.07, 6.45) is 4.65. The maximum absolute atomic E-state index is 4.72. The van der Waals surface area contributed by atoms with Crippen LogP contribution in [-0.4, -0.2) is 52.5 Å². The van der Waals surface area contributed by atoms with Crippen LogP contribution in [0, 0.1) is 6.92 Å². The Morgan fingerprint density at radius 2 is 2.15 bits per heavy atom. The molecule has 0 bridgehead atoms. The molecular weight excluding hydrogens is 439 g/mol. The molecule has 0 saturated carbocycles. The SMILES string of the molecule is CCNC(=NCc1cn2c(C)cccc2n1)NCC1CCCN1CC.I. The molecule has 0 spiro atoms. The van der Waals surface area contributed by atoms with E-state index in [1.54, 1.807) is 0 Å². The molecule has 26 heavy (non-hydrogen) atoms. The van der Waals surface area contributed by atoms with Crippen molar-refractivity contribution in [3.63, 3.8) is 0 Å². The zero-order valence-corrected chi connectivity index (χ0v) is 18.4. The van der Waals surface area contributed by atoms with Crippen LogP contribution >= 0.6 is 24.0 Å². The summed E-state index contributed by atoms with van der Waals surface area (Å²) >= 11 is 0. The first-order valence-electron chi connectivity index (χ1n) is 9.41. The number of nitrogens with zero attached hydrogens (tertiary/aromatic N) is 4. The Morgan fingerprint density at radius 3 is 2.88 bits per heavy atom. The molecule has 0 radical (unpaired) electrons. The van der Waals surface area contributed by atoms with Crippen molar-refractivity contribution in [3.05, 3.63) is 35.8 Å². The number of nitrogens with one attached hydrogen (secondary N) is 2. The maximum Gasteiger partial charge on any atom is 0.191 e. The predicted molar refractivity (Wildman–Crippen MR) is 118 cm³/mol. The average Bonchev–Trinajstić information content (AvgIpc) is 3.24. The first kappa shape index (κ1) is 21.0. The highest BCUT2D eigenvalue weighted by molar-refractivity contribution is 14.0. The van der Waals surface area contributed by atoms with E-state index in [0.29, 0.717) is 12.6 Å². The molecule has 7 heteroatoms. The molecule has 1 aliphatic heterocycles. The van der Waals surface area contributed by atoms with E-state index in [1.165, 1.54) is 25.1 Å². The Morgan fingerprint density at radius 1 is 1.31 bits per heavy atom. The van der Waals surface area contributed by atoms with Gasteiger partial charge in [0.25, 0.3) is 0 Å². The lowest BCUT2D eigenvalue weighted by atomic mass is 10.2. The molecule has 1 fully saturated rings. The van der Waals surface area contributed by atoms with E-state index in [2.05, 4.69) is 58.0 Å². The molecule has 3 rings (SSSR count). The zero-order valence-electron chi connectivity index (χ0n) is 16.0. The monoisotopic (exact) mass is 470 g/mol. The van der Waals surface area contributed by atoms with Gasteiger partial charge >= 0.3 is 0 Å². The van der Waals surface area contributed by atoms with Gasteiger partial charge in [0.05, 0.1) is 12.2 Å². The first-order chi connectivity index (χ1) is 12.2. The zero-order chi connectivity index (χ0) is 17.6. The second-order valence-electron chi connectivity index (χ2n) is 6.63. The van der Waals surface area contributed by atoms with Crippen LogP contribution in [0.5, 0.6) is 0 Å². The van der Waals surface area contributed by atoms with Crippen LogP contribution in [0.25, 0.3) is 5.65 Å². The molecule has 1 aliphatic rings. The quantitative estimate of drug-likeness (QED) is 0.388. The largest absolute Gasteiger partial charge is 0.357 e. The van der Waals surface area contributed by atoms with E-state index in [-0.39, 0.29) is 24.0 Å². The van der Waals surface area contributed by atoms with E-state index in [9.17, 15) is 0 Å². The summed E-state index contributed by atoms with van der Waals surface area (Å²) in [6, 6.07) is 6.78. The number of rotatable bonds is 6. The minimum absolute atomic E-state index is 0. The Bertz CT molecular complexity index is 726. The second kappa shape index (κ2) is 10.1. The van der Waals surface area contributed by atoms with Crippen LogP contribution in [-0.2, 0) is 6.54 Å². The predicted octanol–water partition coefficient (Wildman–Crippen LogP) is 2.80. The third-order valence-corrected chi connectivity index (χ3v) is 4.90. The normalized spacial score (nSPS) is 18.1. The van der Waals surface area contributed by atoms with Crippen LogP contribution in [0.2, 0.25) is 0 Å². The fourth-order valence-corrected chi connectivity index (χ4v) is 3.53. The van der Waals surface area contributed by atoms with Gasteiger partial charge in [-0.05, 0) is 51.9 Å². The van der Waals surface area contributed by atoms with Crippen molar-refractivity contribution < 1.29 is 0 Å². The van der Waals surface area contributed by atoms with Gasteiger partial charge < -0.3 is 15.0 Å². The lowest BCUT2D eigenvalue weighted by Crippen LogP contribution is -2.44. The van der Waals surface area contributed by atoms with E-state index < -0.39 is 0 Å². The third-order valence-electron chi connectivity index (χ3n) is 4.90. The summed E-state index contributed by atoms with van der Waals surface area (Å²) in [7, 11) is 0. The van der Waals surface area contributed by atoms with E-state index in [0.717, 1.165) is 36.9 Å². The molecule has 1 unspecified atom stereocenters. The van der Waals surface area contributed by atoms with Gasteiger partial charge in [0.15, 0.2) is 5.96 Å². The fourth-order valence-electron chi connectivity index (χ4n) is 3.53. The van der Waals surface area contributed by atoms with E-state index in [4.69, 9.17) is 4.99 Å². The summed E-state index contributed by atoms with van der Waals surface area (Å²) in [5.41, 5.74) is 3.15. The molecule has 3 heterocycles. The van der Waals surface area contributed by atoms with Crippen LogP contribution < -0.4 is 10.6 Å². The highest BCUT2D eigenvalue weighted by Gasteiger charge is 2.22. The van der Waals surface area contributed by atoms with E-state index >= 15 is 0 Å². The molecule has 0 amide bonds. The van der Waals surface area contributed by atoms with Gasteiger partial charge in [-0.15, -0.1) is 24.0 Å². The van der Waals surface area contributed by atoms with Crippen LogP contribution in [0.15, 0.2) is 29.4 Å². The molecule has 0 aliphatic carbocycles. The molecular formula is C19H31IN6. The number of pyridine rings is 1. The second-order valence-corrected chi connectivity index (χ2v) is 6.63. The highest BCUT2D eigenvalue weighted by atomic mass is 127. The van der Waals surface area contributed by atoms with Crippen molar-refractivity contribution in [2.24, 2.45) is 4.99 Å². The number of hydrogen-bond acceptors (Lipinski definition) is 3. The van der Waals surface area contributed by atoms with Crippen molar-refractivity contribution >= 4 is 35.6 Å². The number of aromatic nitrogens is 2. The fraction of sp³-hybridized carbons (Fsp3) is 0.579. The number of aryl methyl sites for hydroxylation is 1. The van der Waals surface area contributed by atoms with Gasteiger partial charge in [-0.2, -0.15) is 0 Å². The summed E-state index contributed by atoms with van der Waals surface area (Å²) in [4.78, 5) is 11.9. The van der Waals surface area contributed by atoms with Crippen molar-refractivity contribution in [3.8, 4) is 0 Å². The average molecular weight is 470 g/mol. The molecule has 1 saturated heterocycles. The van der Waals surface area contributed by atoms with E-state index in [1.807, 2.05) is 12.1 Å². The number of likely N-dealkylation sites (tertiary alicyclic amines) is 1. The summed E-state index contributed by atoms with van der Waals surface area (Å²) < 4.78 is 2.11. The number of halogens is 1. The van der Waals surface area contributed by atoms with Crippen molar-refractivity contribution in [1.29, 1.82) is 0 Å². The van der Waals surface area contributed by atoms with Gasteiger partial charge in [0.2, 0.25) is 0 Å². The molecule has 0 aromatic carbocycles.